The Bertz CT molecular complexity index is 1340. The van der Waals surface area contributed by atoms with Gasteiger partial charge in [-0.25, -0.2) is 17.8 Å². The summed E-state index contributed by atoms with van der Waals surface area (Å²) in [5.74, 6) is -0.878. The molecule has 0 amide bonds. The summed E-state index contributed by atoms with van der Waals surface area (Å²) in [6.07, 6.45) is 3.73. The van der Waals surface area contributed by atoms with Gasteiger partial charge in [0.05, 0.1) is 22.7 Å². The Kier molecular flexibility index (Phi) is 4.84. The molecule has 162 valence electrons. The van der Waals surface area contributed by atoms with E-state index < -0.39 is 25.9 Å². The molecule has 2 N–H and O–H groups in total. The van der Waals surface area contributed by atoms with Gasteiger partial charge in [0.15, 0.2) is 9.84 Å². The third kappa shape index (κ3) is 3.56. The number of nitrogens with two attached hydrogens (primary N) is 1. The number of rotatable bonds is 3. The molecule has 0 aliphatic carbocycles. The molecule has 1 aliphatic rings. The van der Waals surface area contributed by atoms with Gasteiger partial charge in [-0.2, -0.15) is 0 Å². The number of pyridine rings is 1. The third-order valence-corrected chi connectivity index (χ3v) is 8.58. The fraction of sp³-hybridized carbons (Fsp3) is 0.364. The van der Waals surface area contributed by atoms with Gasteiger partial charge in [0.2, 0.25) is 0 Å². The van der Waals surface area contributed by atoms with Crippen molar-refractivity contribution >= 4 is 26.7 Å². The van der Waals surface area contributed by atoms with Crippen LogP contribution >= 0.6 is 0 Å². The van der Waals surface area contributed by atoms with Gasteiger partial charge in [-0.05, 0) is 45.4 Å². The first-order chi connectivity index (χ1) is 14.4. The predicted octanol–water partition coefficient (Wildman–Crippen LogP) is 2.84. The summed E-state index contributed by atoms with van der Waals surface area (Å²) in [6, 6.07) is 6.41. The van der Waals surface area contributed by atoms with Crippen molar-refractivity contribution in [3.8, 4) is 0 Å². The minimum atomic E-state index is -3.64. The van der Waals surface area contributed by atoms with Gasteiger partial charge in [0, 0.05) is 24.4 Å². The van der Waals surface area contributed by atoms with Crippen LogP contribution in [0.15, 0.2) is 41.7 Å². The van der Waals surface area contributed by atoms with Crippen molar-refractivity contribution in [1.29, 1.82) is 0 Å². The van der Waals surface area contributed by atoms with Crippen molar-refractivity contribution in [3.63, 3.8) is 0 Å². The highest BCUT2D eigenvalue weighted by molar-refractivity contribution is 7.93. The van der Waals surface area contributed by atoms with Crippen molar-refractivity contribution in [3.05, 3.63) is 65.0 Å². The molecule has 0 bridgehead atoms. The maximum absolute atomic E-state index is 14.9. The smallest absolute Gasteiger partial charge is 0.165 e. The van der Waals surface area contributed by atoms with Crippen LogP contribution in [0.5, 0.6) is 0 Å². The number of aromatic nitrogens is 3. The highest BCUT2D eigenvalue weighted by Crippen LogP contribution is 2.38. The molecule has 0 saturated carbocycles. The van der Waals surface area contributed by atoms with Gasteiger partial charge in [-0.1, -0.05) is 12.1 Å². The SMILES string of the molecule is Cc1cnc2c(Cc3ccc(F)c([C@]4(C)CS(=O)(=O)C(C)(C)C(N)=N4)c3)nccc2n1. The second-order valence-electron chi connectivity index (χ2n) is 8.67. The van der Waals surface area contributed by atoms with E-state index in [2.05, 4.69) is 19.9 Å². The van der Waals surface area contributed by atoms with Crippen LogP contribution in [0.4, 0.5) is 4.39 Å². The number of sulfone groups is 1. The second-order valence-corrected chi connectivity index (χ2v) is 11.2. The van der Waals surface area contributed by atoms with E-state index in [0.717, 1.165) is 16.8 Å². The monoisotopic (exact) mass is 441 g/mol. The molecule has 0 unspecified atom stereocenters. The molecule has 0 saturated heterocycles. The van der Waals surface area contributed by atoms with Gasteiger partial charge in [-0.3, -0.25) is 15.0 Å². The number of fused-ring (bicyclic) bond motifs is 1. The summed E-state index contributed by atoms with van der Waals surface area (Å²) in [7, 11) is -3.64. The quantitative estimate of drug-likeness (QED) is 0.669. The fourth-order valence-corrected chi connectivity index (χ4v) is 5.48. The number of nitrogens with zero attached hydrogens (tertiary/aromatic N) is 4. The average molecular weight is 442 g/mol. The van der Waals surface area contributed by atoms with Crippen LogP contribution in [0.25, 0.3) is 11.0 Å². The van der Waals surface area contributed by atoms with Crippen molar-refractivity contribution < 1.29 is 12.8 Å². The normalized spacial score (nSPS) is 22.3. The Morgan fingerprint density at radius 1 is 1.16 bits per heavy atom. The third-order valence-electron chi connectivity index (χ3n) is 5.87. The largest absolute Gasteiger partial charge is 0.386 e. The number of aryl methyl sites for hydroxylation is 1. The van der Waals surface area contributed by atoms with E-state index in [1.165, 1.54) is 19.9 Å². The summed E-state index contributed by atoms with van der Waals surface area (Å²) in [4.78, 5) is 17.8. The summed E-state index contributed by atoms with van der Waals surface area (Å²) < 4.78 is 39.3. The van der Waals surface area contributed by atoms with Crippen molar-refractivity contribution in [2.24, 2.45) is 10.7 Å². The summed E-state index contributed by atoms with van der Waals surface area (Å²) >= 11 is 0. The van der Waals surface area contributed by atoms with Crippen LogP contribution in [-0.2, 0) is 21.8 Å². The number of benzene rings is 1. The molecule has 7 nitrogen and oxygen atoms in total. The Labute approximate surface area is 180 Å². The van der Waals surface area contributed by atoms with E-state index in [9.17, 15) is 12.8 Å². The maximum Gasteiger partial charge on any atom is 0.165 e. The van der Waals surface area contributed by atoms with Crippen LogP contribution in [0.1, 0.15) is 43.3 Å². The molecule has 31 heavy (non-hydrogen) atoms. The summed E-state index contributed by atoms with van der Waals surface area (Å²) in [6.45, 7) is 6.50. The zero-order valence-corrected chi connectivity index (χ0v) is 18.7. The zero-order chi connectivity index (χ0) is 22.6. The lowest BCUT2D eigenvalue weighted by molar-refractivity contribution is 0.475. The fourth-order valence-electron chi connectivity index (χ4n) is 3.79. The average Bonchev–Trinajstić information content (AvgIpc) is 2.67. The van der Waals surface area contributed by atoms with E-state index in [4.69, 9.17) is 5.73 Å². The van der Waals surface area contributed by atoms with E-state index in [0.29, 0.717) is 17.6 Å². The Balaban J connectivity index is 1.78. The summed E-state index contributed by atoms with van der Waals surface area (Å²) in [5.41, 5.74) is 8.56. The first-order valence-corrected chi connectivity index (χ1v) is 11.5. The molecule has 0 fully saturated rings. The first kappa shape index (κ1) is 21.3. The van der Waals surface area contributed by atoms with Crippen LogP contribution in [0.3, 0.4) is 0 Å². The molecule has 4 rings (SSSR count). The van der Waals surface area contributed by atoms with Gasteiger partial charge in [-0.15, -0.1) is 0 Å². The highest BCUT2D eigenvalue weighted by Gasteiger charge is 2.49. The number of halogens is 1. The van der Waals surface area contributed by atoms with Crippen molar-refractivity contribution in [2.45, 2.75) is 44.4 Å². The van der Waals surface area contributed by atoms with Crippen molar-refractivity contribution in [2.75, 3.05) is 5.75 Å². The van der Waals surface area contributed by atoms with Crippen molar-refractivity contribution in [1.82, 2.24) is 15.0 Å². The number of amidine groups is 1. The van der Waals surface area contributed by atoms with Crippen LogP contribution in [-0.4, -0.2) is 39.7 Å². The molecule has 3 heterocycles. The topological polar surface area (TPSA) is 111 Å². The Morgan fingerprint density at radius 3 is 2.61 bits per heavy atom. The zero-order valence-electron chi connectivity index (χ0n) is 17.8. The lowest BCUT2D eigenvalue weighted by Gasteiger charge is -2.38. The van der Waals surface area contributed by atoms with E-state index in [-0.39, 0.29) is 17.2 Å². The minimum Gasteiger partial charge on any atom is -0.386 e. The Hall–Kier alpha value is -2.94. The lowest BCUT2D eigenvalue weighted by atomic mass is 9.91. The van der Waals surface area contributed by atoms with E-state index in [1.807, 2.05) is 6.92 Å². The molecule has 0 spiro atoms. The predicted molar refractivity (Wildman–Crippen MR) is 118 cm³/mol. The number of hydrogen-bond donors (Lipinski definition) is 1. The molecule has 1 aromatic carbocycles. The van der Waals surface area contributed by atoms with Crippen LogP contribution < -0.4 is 5.73 Å². The maximum atomic E-state index is 14.9. The molecule has 1 atom stereocenters. The van der Waals surface area contributed by atoms with Gasteiger partial charge in [0.1, 0.15) is 27.5 Å². The second kappa shape index (κ2) is 7.05. The highest BCUT2D eigenvalue weighted by atomic mass is 32.2. The standard InChI is InChI=1S/C22H24FN5O2S/c1-13-11-26-19-17(27-13)7-8-25-18(19)10-14-5-6-16(23)15(9-14)22(4)12-31(29,30)21(2,3)20(24)28-22/h5-9,11H,10,12H2,1-4H3,(H2,24,28)/t22-/m0/s1. The summed E-state index contributed by atoms with van der Waals surface area (Å²) in [5, 5.41) is 0. The number of aliphatic imine (C=N–C) groups is 1. The lowest BCUT2D eigenvalue weighted by Crippen LogP contribution is -2.55. The molecule has 1 aliphatic heterocycles. The number of hydrogen-bond acceptors (Lipinski definition) is 7. The Morgan fingerprint density at radius 2 is 1.90 bits per heavy atom. The van der Waals surface area contributed by atoms with Gasteiger partial charge >= 0.3 is 0 Å². The first-order valence-electron chi connectivity index (χ1n) is 9.87. The van der Waals surface area contributed by atoms with Gasteiger partial charge in [0.25, 0.3) is 0 Å². The molecule has 2 aromatic heterocycles. The molecular weight excluding hydrogens is 417 g/mol. The van der Waals surface area contributed by atoms with Crippen LogP contribution in [0, 0.1) is 12.7 Å². The molecule has 0 radical (unpaired) electrons. The van der Waals surface area contributed by atoms with Gasteiger partial charge < -0.3 is 5.73 Å². The van der Waals surface area contributed by atoms with E-state index in [1.54, 1.807) is 37.5 Å². The van der Waals surface area contributed by atoms with Crippen LogP contribution in [0.2, 0.25) is 0 Å². The minimum absolute atomic E-state index is 0.0209. The molecule has 9 heteroatoms. The molecular formula is C22H24FN5O2S. The van der Waals surface area contributed by atoms with E-state index >= 15 is 0 Å². The molecule has 3 aromatic rings.